The summed E-state index contributed by atoms with van der Waals surface area (Å²) < 4.78 is 38.7. The fourth-order valence-electron chi connectivity index (χ4n) is 1.58. The van der Waals surface area contributed by atoms with Crippen molar-refractivity contribution in [2.24, 2.45) is 0 Å². The number of benzene rings is 1. The zero-order valence-corrected chi connectivity index (χ0v) is 9.08. The van der Waals surface area contributed by atoms with Gasteiger partial charge in [0.05, 0.1) is 5.56 Å². The molecule has 0 unspecified atom stereocenters. The van der Waals surface area contributed by atoms with Crippen LogP contribution in [-0.4, -0.2) is 5.78 Å². The van der Waals surface area contributed by atoms with Gasteiger partial charge >= 0.3 is 6.18 Å². The fraction of sp³-hybridized carbons (Fsp3) is 0.182. The molecule has 0 saturated carbocycles. The molecule has 0 amide bonds. The summed E-state index contributed by atoms with van der Waals surface area (Å²) in [5, 5.41) is 1.50. The van der Waals surface area contributed by atoms with Crippen molar-refractivity contribution in [3.63, 3.8) is 0 Å². The van der Waals surface area contributed by atoms with Gasteiger partial charge in [-0.3, -0.25) is 4.79 Å². The van der Waals surface area contributed by atoms with Gasteiger partial charge in [0, 0.05) is 21.0 Å². The van der Waals surface area contributed by atoms with Crippen molar-refractivity contribution >= 4 is 27.2 Å². The minimum Gasteiger partial charge on any atom is -0.294 e. The van der Waals surface area contributed by atoms with E-state index in [1.54, 1.807) is 6.07 Å². The first-order valence-corrected chi connectivity index (χ1v) is 5.37. The first-order chi connectivity index (χ1) is 7.41. The number of alkyl halides is 3. The number of halogens is 3. The summed E-state index contributed by atoms with van der Waals surface area (Å²) in [6.07, 6.45) is -4.43. The van der Waals surface area contributed by atoms with Gasteiger partial charge in [0.15, 0.2) is 5.78 Å². The van der Waals surface area contributed by atoms with Crippen LogP contribution in [0, 0.1) is 0 Å². The summed E-state index contributed by atoms with van der Waals surface area (Å²) >= 11 is 1.15. The van der Waals surface area contributed by atoms with E-state index in [1.807, 2.05) is 0 Å². The van der Waals surface area contributed by atoms with Gasteiger partial charge in [-0.25, -0.2) is 0 Å². The van der Waals surface area contributed by atoms with Crippen molar-refractivity contribution in [1.29, 1.82) is 0 Å². The van der Waals surface area contributed by atoms with Crippen molar-refractivity contribution in [3.05, 3.63) is 34.7 Å². The van der Waals surface area contributed by atoms with Crippen LogP contribution in [0.1, 0.15) is 22.8 Å². The predicted octanol–water partition coefficient (Wildman–Crippen LogP) is 4.12. The van der Waals surface area contributed by atoms with Crippen molar-refractivity contribution in [2.75, 3.05) is 0 Å². The Bertz CT molecular complexity index is 554. The minimum atomic E-state index is -4.43. The number of hydrogen-bond acceptors (Lipinski definition) is 2. The summed E-state index contributed by atoms with van der Waals surface area (Å²) in [6.45, 7) is 1.27. The maximum atomic E-state index is 12.7. The maximum absolute atomic E-state index is 12.7. The third kappa shape index (κ3) is 1.71. The van der Waals surface area contributed by atoms with E-state index in [9.17, 15) is 18.0 Å². The number of carbonyl (C=O) groups excluding carboxylic acids is 1. The zero-order chi connectivity index (χ0) is 11.9. The summed E-state index contributed by atoms with van der Waals surface area (Å²) in [5.41, 5.74) is -0.593. The van der Waals surface area contributed by atoms with Gasteiger partial charge in [-0.15, -0.1) is 11.3 Å². The van der Waals surface area contributed by atoms with Crippen LogP contribution in [0.2, 0.25) is 0 Å². The average Bonchev–Trinajstić information content (AvgIpc) is 2.58. The van der Waals surface area contributed by atoms with Gasteiger partial charge in [0.25, 0.3) is 0 Å². The quantitative estimate of drug-likeness (QED) is 0.689. The summed E-state index contributed by atoms with van der Waals surface area (Å²) in [4.78, 5) is 11.2. The lowest BCUT2D eigenvalue weighted by Crippen LogP contribution is -2.06. The summed E-state index contributed by atoms with van der Waals surface area (Å²) in [7, 11) is 0. The Morgan fingerprint density at radius 1 is 1.31 bits per heavy atom. The molecule has 2 aromatic rings. The summed E-state index contributed by atoms with van der Waals surface area (Å²) in [5.74, 6) is -0.344. The number of ketones is 1. The molecule has 0 atom stereocenters. The number of Topliss-reactive ketones (excluding diaryl/α,β-unsaturated/α-hetero) is 1. The molecule has 0 bridgehead atoms. The molecule has 0 radical (unpaired) electrons. The molecule has 0 aliphatic carbocycles. The molecule has 0 aliphatic rings. The van der Waals surface area contributed by atoms with Crippen LogP contribution in [0.4, 0.5) is 13.2 Å². The smallest absolute Gasteiger partial charge is 0.294 e. The Hall–Kier alpha value is -1.36. The Kier molecular flexibility index (Phi) is 2.50. The third-order valence-corrected chi connectivity index (χ3v) is 3.23. The molecule has 0 aliphatic heterocycles. The van der Waals surface area contributed by atoms with Crippen molar-refractivity contribution in [1.82, 2.24) is 0 Å². The van der Waals surface area contributed by atoms with Crippen LogP contribution in [0.15, 0.2) is 23.6 Å². The van der Waals surface area contributed by atoms with Crippen LogP contribution >= 0.6 is 11.3 Å². The van der Waals surface area contributed by atoms with E-state index in [0.717, 1.165) is 17.4 Å². The SMILES string of the molecule is CC(=O)c1csc2cccc(C(F)(F)F)c12. The number of hydrogen-bond donors (Lipinski definition) is 0. The van der Waals surface area contributed by atoms with Gasteiger partial charge < -0.3 is 0 Å². The predicted molar refractivity (Wildman–Crippen MR) is 56.8 cm³/mol. The summed E-state index contributed by atoms with van der Waals surface area (Å²) in [6, 6.07) is 3.94. The molecule has 5 heteroatoms. The highest BCUT2D eigenvalue weighted by atomic mass is 32.1. The van der Waals surface area contributed by atoms with E-state index < -0.39 is 11.7 Å². The second-order valence-corrected chi connectivity index (χ2v) is 4.29. The normalized spacial score (nSPS) is 12.0. The Morgan fingerprint density at radius 3 is 2.56 bits per heavy atom. The van der Waals surface area contributed by atoms with Gasteiger partial charge in [0.1, 0.15) is 0 Å². The molecule has 1 aromatic carbocycles. The molecule has 1 nitrogen and oxygen atoms in total. The topological polar surface area (TPSA) is 17.1 Å². The van der Waals surface area contributed by atoms with E-state index in [2.05, 4.69) is 0 Å². The van der Waals surface area contributed by atoms with Crippen LogP contribution in [0.25, 0.3) is 10.1 Å². The van der Waals surface area contributed by atoms with Crippen molar-refractivity contribution in [2.45, 2.75) is 13.1 Å². The molecule has 2 rings (SSSR count). The molecule has 1 heterocycles. The van der Waals surface area contributed by atoms with Crippen LogP contribution < -0.4 is 0 Å². The molecule has 0 fully saturated rings. The molecular weight excluding hydrogens is 237 g/mol. The molecular formula is C11H7F3OS. The first-order valence-electron chi connectivity index (χ1n) is 4.49. The van der Waals surface area contributed by atoms with Gasteiger partial charge in [0.2, 0.25) is 0 Å². The molecule has 16 heavy (non-hydrogen) atoms. The highest BCUT2D eigenvalue weighted by Gasteiger charge is 2.33. The van der Waals surface area contributed by atoms with Gasteiger partial charge in [-0.2, -0.15) is 13.2 Å². The monoisotopic (exact) mass is 244 g/mol. The number of carbonyl (C=O) groups is 1. The Balaban J connectivity index is 2.84. The highest BCUT2D eigenvalue weighted by Crippen LogP contribution is 2.38. The van der Waals surface area contributed by atoms with Crippen LogP contribution in [0.5, 0.6) is 0 Å². The van der Waals surface area contributed by atoms with Gasteiger partial charge in [-0.1, -0.05) is 6.07 Å². The third-order valence-electron chi connectivity index (χ3n) is 2.28. The lowest BCUT2D eigenvalue weighted by Gasteiger charge is -2.08. The van der Waals surface area contributed by atoms with E-state index in [0.29, 0.717) is 4.70 Å². The zero-order valence-electron chi connectivity index (χ0n) is 8.26. The van der Waals surface area contributed by atoms with E-state index >= 15 is 0 Å². The first kappa shape index (κ1) is 11.1. The van der Waals surface area contributed by atoms with Crippen LogP contribution in [-0.2, 0) is 6.18 Å². The fourth-order valence-corrected chi connectivity index (χ4v) is 2.61. The van der Waals surface area contributed by atoms with Gasteiger partial charge in [-0.05, 0) is 19.1 Å². The van der Waals surface area contributed by atoms with E-state index in [-0.39, 0.29) is 16.7 Å². The van der Waals surface area contributed by atoms with E-state index in [1.165, 1.54) is 18.4 Å². The van der Waals surface area contributed by atoms with E-state index in [4.69, 9.17) is 0 Å². The second-order valence-electron chi connectivity index (χ2n) is 3.38. The molecule has 84 valence electrons. The molecule has 1 aromatic heterocycles. The molecule has 0 spiro atoms. The number of rotatable bonds is 1. The standard InChI is InChI=1S/C11H7F3OS/c1-6(15)7-5-16-9-4-2-3-8(10(7)9)11(12,13)14/h2-5H,1H3. The lowest BCUT2D eigenvalue weighted by molar-refractivity contribution is -0.136. The second kappa shape index (κ2) is 3.59. The van der Waals surface area contributed by atoms with Crippen molar-refractivity contribution in [3.8, 4) is 0 Å². The van der Waals surface area contributed by atoms with Crippen molar-refractivity contribution < 1.29 is 18.0 Å². The highest BCUT2D eigenvalue weighted by molar-refractivity contribution is 7.17. The Labute approximate surface area is 93.5 Å². The molecule has 0 saturated heterocycles. The Morgan fingerprint density at radius 2 is 2.00 bits per heavy atom. The minimum absolute atomic E-state index is 0.0208. The molecule has 0 N–H and O–H groups in total. The average molecular weight is 244 g/mol. The number of fused-ring (bicyclic) bond motifs is 1. The number of thiophene rings is 1. The lowest BCUT2D eigenvalue weighted by atomic mass is 10.0. The largest absolute Gasteiger partial charge is 0.417 e. The maximum Gasteiger partial charge on any atom is 0.417 e. The van der Waals surface area contributed by atoms with Crippen LogP contribution in [0.3, 0.4) is 0 Å².